The Hall–Kier alpha value is -2.32. The molecule has 7 nitrogen and oxygen atoms in total. The Labute approximate surface area is 179 Å². The van der Waals surface area contributed by atoms with Crippen LogP contribution in [0.3, 0.4) is 0 Å². The van der Waals surface area contributed by atoms with Crippen LogP contribution >= 0.6 is 0 Å². The van der Waals surface area contributed by atoms with E-state index in [1.807, 2.05) is 31.2 Å². The number of piperidine rings is 1. The molecule has 1 aromatic heterocycles. The molecular weight excluding hydrogens is 402 g/mol. The highest BCUT2D eigenvalue weighted by Gasteiger charge is 2.33. The van der Waals surface area contributed by atoms with Crippen molar-refractivity contribution in [3.05, 3.63) is 46.8 Å². The number of sulfonamides is 1. The first kappa shape index (κ1) is 22.4. The van der Waals surface area contributed by atoms with Gasteiger partial charge in [0.1, 0.15) is 10.6 Å². The molecule has 8 heteroatoms. The van der Waals surface area contributed by atoms with E-state index in [1.54, 1.807) is 30.4 Å². The van der Waals surface area contributed by atoms with Gasteiger partial charge in [-0.3, -0.25) is 4.79 Å². The summed E-state index contributed by atoms with van der Waals surface area (Å²) in [5.41, 5.74) is 2.34. The highest BCUT2D eigenvalue weighted by atomic mass is 32.2. The zero-order valence-electron chi connectivity index (χ0n) is 18.2. The quantitative estimate of drug-likeness (QED) is 0.727. The number of hydrogen-bond acceptors (Lipinski definition) is 4. The summed E-state index contributed by atoms with van der Waals surface area (Å²) >= 11 is 0. The van der Waals surface area contributed by atoms with Gasteiger partial charge in [0, 0.05) is 38.1 Å². The van der Waals surface area contributed by atoms with Gasteiger partial charge in [-0.1, -0.05) is 12.1 Å². The van der Waals surface area contributed by atoms with Crippen LogP contribution in [0.5, 0.6) is 5.75 Å². The zero-order valence-corrected chi connectivity index (χ0v) is 19.0. The topological polar surface area (TPSA) is 80.6 Å². The van der Waals surface area contributed by atoms with Gasteiger partial charge in [0.15, 0.2) is 0 Å². The van der Waals surface area contributed by atoms with Crippen molar-refractivity contribution < 1.29 is 17.9 Å². The van der Waals surface area contributed by atoms with E-state index in [0.717, 1.165) is 30.6 Å². The fraction of sp³-hybridized carbons (Fsp3) is 0.500. The van der Waals surface area contributed by atoms with Crippen molar-refractivity contribution in [2.45, 2.75) is 51.5 Å². The summed E-state index contributed by atoms with van der Waals surface area (Å²) in [6.07, 6.45) is 3.01. The molecule has 0 bridgehead atoms. The molecule has 1 amide bonds. The average molecular weight is 434 g/mol. The van der Waals surface area contributed by atoms with Crippen molar-refractivity contribution in [2.24, 2.45) is 7.05 Å². The highest BCUT2D eigenvalue weighted by Crippen LogP contribution is 2.28. The summed E-state index contributed by atoms with van der Waals surface area (Å²) in [5, 5.41) is 0. The van der Waals surface area contributed by atoms with Crippen LogP contribution in [0.2, 0.25) is 0 Å². The molecule has 0 spiro atoms. The minimum atomic E-state index is -3.88. The fourth-order valence-electron chi connectivity index (χ4n) is 3.87. The van der Waals surface area contributed by atoms with Crippen LogP contribution in [0, 0.1) is 13.8 Å². The van der Waals surface area contributed by atoms with Gasteiger partial charge in [0.05, 0.1) is 12.2 Å². The maximum atomic E-state index is 13.2. The van der Waals surface area contributed by atoms with Crippen molar-refractivity contribution in [3.63, 3.8) is 0 Å². The predicted octanol–water partition coefficient (Wildman–Crippen LogP) is 3.15. The van der Waals surface area contributed by atoms with E-state index >= 15 is 0 Å². The maximum Gasteiger partial charge on any atom is 0.257 e. The van der Waals surface area contributed by atoms with E-state index in [1.165, 1.54) is 0 Å². The lowest BCUT2D eigenvalue weighted by Gasteiger charge is -2.27. The Morgan fingerprint density at radius 3 is 2.30 bits per heavy atom. The maximum absolute atomic E-state index is 13.2. The molecule has 0 aliphatic carbocycles. The number of nitrogens with zero attached hydrogens (tertiary/aromatic N) is 2. The van der Waals surface area contributed by atoms with Crippen molar-refractivity contribution in [3.8, 4) is 5.75 Å². The Morgan fingerprint density at radius 2 is 1.70 bits per heavy atom. The molecule has 164 valence electrons. The molecule has 1 N–H and O–H groups in total. The Balaban J connectivity index is 1.87. The monoisotopic (exact) mass is 433 g/mol. The highest BCUT2D eigenvalue weighted by molar-refractivity contribution is 7.89. The minimum Gasteiger partial charge on any atom is -0.494 e. The van der Waals surface area contributed by atoms with Crippen molar-refractivity contribution in [1.29, 1.82) is 0 Å². The molecule has 3 rings (SSSR count). The summed E-state index contributed by atoms with van der Waals surface area (Å²) < 4.78 is 36.4. The molecule has 2 heterocycles. The third kappa shape index (κ3) is 4.54. The van der Waals surface area contributed by atoms with Crippen LogP contribution in [0.15, 0.2) is 29.2 Å². The summed E-state index contributed by atoms with van der Waals surface area (Å²) in [6, 6.07) is 7.29. The Kier molecular flexibility index (Phi) is 6.88. The van der Waals surface area contributed by atoms with Gasteiger partial charge >= 0.3 is 0 Å². The number of aromatic nitrogens is 1. The summed E-state index contributed by atoms with van der Waals surface area (Å²) in [5.74, 6) is 0.547. The first-order valence-electron chi connectivity index (χ1n) is 10.4. The van der Waals surface area contributed by atoms with Gasteiger partial charge in [-0.2, -0.15) is 0 Å². The molecule has 0 atom stereocenters. The lowest BCUT2D eigenvalue weighted by atomic mass is 10.1. The predicted molar refractivity (Wildman–Crippen MR) is 116 cm³/mol. The van der Waals surface area contributed by atoms with Gasteiger partial charge in [-0.15, -0.1) is 0 Å². The van der Waals surface area contributed by atoms with Gasteiger partial charge in [0.25, 0.3) is 5.91 Å². The molecule has 1 saturated heterocycles. The van der Waals surface area contributed by atoms with Gasteiger partial charge in [0.2, 0.25) is 10.0 Å². The minimum absolute atomic E-state index is 0.0870. The zero-order chi connectivity index (χ0) is 21.9. The summed E-state index contributed by atoms with van der Waals surface area (Å²) in [4.78, 5) is 15.1. The van der Waals surface area contributed by atoms with E-state index in [2.05, 4.69) is 4.72 Å². The molecule has 30 heavy (non-hydrogen) atoms. The van der Waals surface area contributed by atoms with Crippen molar-refractivity contribution >= 4 is 15.9 Å². The SMILES string of the molecule is CCOc1ccc(CNS(=O)(=O)c2c(C(=O)N3CCCCC3)c(C)n(C)c2C)cc1. The molecule has 0 unspecified atom stereocenters. The van der Waals surface area contributed by atoms with Gasteiger partial charge < -0.3 is 14.2 Å². The third-order valence-corrected chi connectivity index (χ3v) is 7.31. The Bertz CT molecular complexity index is 1000. The van der Waals surface area contributed by atoms with E-state index in [-0.39, 0.29) is 22.9 Å². The van der Waals surface area contributed by atoms with E-state index in [9.17, 15) is 13.2 Å². The molecular formula is C22H31N3O4S. The van der Waals surface area contributed by atoms with Crippen LogP contribution in [-0.2, 0) is 23.6 Å². The lowest BCUT2D eigenvalue weighted by molar-refractivity contribution is 0.0719. The number of rotatable bonds is 7. The number of nitrogens with one attached hydrogen (secondary N) is 1. The normalized spacial score (nSPS) is 14.7. The summed E-state index contributed by atoms with van der Waals surface area (Å²) in [6.45, 7) is 7.51. The second-order valence-corrected chi connectivity index (χ2v) is 9.39. The number of likely N-dealkylation sites (tertiary alicyclic amines) is 1. The second-order valence-electron chi connectivity index (χ2n) is 7.69. The molecule has 0 radical (unpaired) electrons. The van der Waals surface area contributed by atoms with Gasteiger partial charge in [-0.05, 0) is 57.7 Å². The average Bonchev–Trinajstić information content (AvgIpc) is 2.98. The van der Waals surface area contributed by atoms with Crippen LogP contribution in [0.4, 0.5) is 0 Å². The van der Waals surface area contributed by atoms with Crippen molar-refractivity contribution in [1.82, 2.24) is 14.2 Å². The lowest BCUT2D eigenvalue weighted by Crippen LogP contribution is -2.37. The van der Waals surface area contributed by atoms with Crippen LogP contribution in [0.1, 0.15) is 53.5 Å². The van der Waals surface area contributed by atoms with Gasteiger partial charge in [-0.25, -0.2) is 13.1 Å². The van der Waals surface area contributed by atoms with E-state index in [4.69, 9.17) is 4.74 Å². The Morgan fingerprint density at radius 1 is 1.07 bits per heavy atom. The van der Waals surface area contributed by atoms with E-state index in [0.29, 0.717) is 31.1 Å². The third-order valence-electron chi connectivity index (χ3n) is 5.75. The second kappa shape index (κ2) is 9.22. The fourth-order valence-corrected chi connectivity index (χ4v) is 5.40. The number of hydrogen-bond donors (Lipinski definition) is 1. The molecule has 1 fully saturated rings. The standard InChI is InChI=1S/C22H31N3O4S/c1-5-29-19-11-9-18(10-12-19)15-23-30(27,28)21-17(3)24(4)16(2)20(21)22(26)25-13-7-6-8-14-25/h9-12,23H,5-8,13-15H2,1-4H3. The number of benzene rings is 1. The summed E-state index contributed by atoms with van der Waals surface area (Å²) in [7, 11) is -2.08. The van der Waals surface area contributed by atoms with Crippen LogP contribution in [-0.4, -0.2) is 43.5 Å². The van der Waals surface area contributed by atoms with Crippen molar-refractivity contribution in [2.75, 3.05) is 19.7 Å². The first-order valence-corrected chi connectivity index (χ1v) is 11.9. The number of carbonyl (C=O) groups excluding carboxylic acids is 1. The van der Waals surface area contributed by atoms with Crippen LogP contribution < -0.4 is 9.46 Å². The smallest absolute Gasteiger partial charge is 0.257 e. The largest absolute Gasteiger partial charge is 0.494 e. The number of ether oxygens (including phenoxy) is 1. The molecule has 1 aliphatic rings. The molecule has 2 aromatic rings. The molecule has 1 aliphatic heterocycles. The van der Waals surface area contributed by atoms with Crippen LogP contribution in [0.25, 0.3) is 0 Å². The number of amides is 1. The first-order chi connectivity index (χ1) is 14.3. The molecule has 1 aromatic carbocycles. The molecule has 0 saturated carbocycles. The van der Waals surface area contributed by atoms with E-state index < -0.39 is 10.0 Å². The number of carbonyl (C=O) groups is 1.